The third-order valence-electron chi connectivity index (χ3n) is 1.90. The minimum absolute atomic E-state index is 0.0610. The lowest BCUT2D eigenvalue weighted by Gasteiger charge is -2.01. The predicted molar refractivity (Wildman–Crippen MR) is 59.6 cm³/mol. The van der Waals surface area contributed by atoms with E-state index in [-0.39, 0.29) is 12.2 Å². The molecule has 0 saturated carbocycles. The zero-order valence-electron chi connectivity index (χ0n) is 9.71. The Morgan fingerprint density at radius 1 is 1.65 bits per heavy atom. The summed E-state index contributed by atoms with van der Waals surface area (Å²) in [6.07, 6.45) is 4.68. The first-order valence-corrected chi connectivity index (χ1v) is 4.94. The molecule has 0 unspecified atom stereocenters. The maximum absolute atomic E-state index is 11.5. The average Bonchev–Trinajstić information content (AvgIpc) is 2.72. The first kappa shape index (κ1) is 12.9. The van der Waals surface area contributed by atoms with Gasteiger partial charge in [-0.25, -0.2) is 4.79 Å². The Hall–Kier alpha value is -2.13. The molecule has 0 saturated heterocycles. The van der Waals surface area contributed by atoms with Gasteiger partial charge in [0.1, 0.15) is 18.2 Å². The number of carbonyl (C=O) groups excluding carboxylic acids is 1. The molecule has 0 radical (unpaired) electrons. The number of ether oxygens (including phenoxy) is 2. The lowest BCUT2D eigenvalue weighted by molar-refractivity contribution is -0.139. The number of esters is 1. The van der Waals surface area contributed by atoms with E-state index < -0.39 is 5.97 Å². The molecule has 0 spiro atoms. The topological polar surface area (TPSA) is 77.1 Å². The quantitative estimate of drug-likeness (QED) is 0.322. The number of nitriles is 1. The van der Waals surface area contributed by atoms with Gasteiger partial charge in [-0.2, -0.15) is 10.4 Å². The van der Waals surface area contributed by atoms with Gasteiger partial charge in [0.2, 0.25) is 0 Å². The van der Waals surface area contributed by atoms with Crippen molar-refractivity contribution in [2.75, 3.05) is 20.3 Å². The van der Waals surface area contributed by atoms with E-state index in [1.165, 1.54) is 13.2 Å². The van der Waals surface area contributed by atoms with Crippen LogP contribution in [0.5, 0.6) is 0 Å². The Bertz CT molecular complexity index is 457. The van der Waals surface area contributed by atoms with E-state index in [2.05, 4.69) is 5.10 Å². The summed E-state index contributed by atoms with van der Waals surface area (Å²) in [5.41, 5.74) is 0.613. The number of hydrogen-bond acceptors (Lipinski definition) is 5. The summed E-state index contributed by atoms with van der Waals surface area (Å²) < 4.78 is 11.1. The zero-order chi connectivity index (χ0) is 12.7. The number of carbonyl (C=O) groups is 1. The number of aromatic nitrogens is 2. The molecule has 0 bridgehead atoms. The van der Waals surface area contributed by atoms with Crippen molar-refractivity contribution in [3.05, 3.63) is 23.5 Å². The third-order valence-corrected chi connectivity index (χ3v) is 1.90. The Kier molecular flexibility index (Phi) is 4.91. The molecule has 0 aliphatic heterocycles. The predicted octanol–water partition coefficient (Wildman–Crippen LogP) is 0.517. The smallest absolute Gasteiger partial charge is 0.348 e. The van der Waals surface area contributed by atoms with Crippen LogP contribution in [-0.4, -0.2) is 36.1 Å². The molecule has 17 heavy (non-hydrogen) atoms. The molecule has 0 aromatic carbocycles. The first-order chi connectivity index (χ1) is 8.17. The largest absolute Gasteiger partial charge is 0.459 e. The van der Waals surface area contributed by atoms with E-state index in [0.717, 1.165) is 0 Å². The van der Waals surface area contributed by atoms with Crippen LogP contribution in [0.4, 0.5) is 0 Å². The van der Waals surface area contributed by atoms with Crippen molar-refractivity contribution in [2.45, 2.75) is 0 Å². The van der Waals surface area contributed by atoms with E-state index in [0.29, 0.717) is 12.2 Å². The third kappa shape index (κ3) is 4.09. The van der Waals surface area contributed by atoms with Crippen molar-refractivity contribution in [3.8, 4) is 6.07 Å². The van der Waals surface area contributed by atoms with E-state index >= 15 is 0 Å². The highest BCUT2D eigenvalue weighted by Crippen LogP contribution is 2.06. The molecule has 0 aliphatic rings. The summed E-state index contributed by atoms with van der Waals surface area (Å²) in [7, 11) is 3.25. The summed E-state index contributed by atoms with van der Waals surface area (Å²) in [6, 6.07) is 1.80. The molecule has 1 aromatic rings. The number of rotatable bonds is 5. The monoisotopic (exact) mass is 235 g/mol. The van der Waals surface area contributed by atoms with Crippen LogP contribution in [0.15, 0.2) is 18.0 Å². The van der Waals surface area contributed by atoms with Crippen LogP contribution >= 0.6 is 0 Å². The molecule has 0 atom stereocenters. The molecule has 1 heterocycles. The number of aryl methyl sites for hydroxylation is 1. The molecule has 1 aromatic heterocycles. The van der Waals surface area contributed by atoms with Gasteiger partial charge in [0, 0.05) is 25.9 Å². The summed E-state index contributed by atoms with van der Waals surface area (Å²) >= 11 is 0. The maximum Gasteiger partial charge on any atom is 0.348 e. The van der Waals surface area contributed by atoms with Gasteiger partial charge in [-0.1, -0.05) is 0 Å². The normalized spacial score (nSPS) is 11.0. The molecule has 6 nitrogen and oxygen atoms in total. The maximum atomic E-state index is 11.5. The molecular weight excluding hydrogens is 222 g/mol. The lowest BCUT2D eigenvalue weighted by Crippen LogP contribution is -2.11. The van der Waals surface area contributed by atoms with Crippen molar-refractivity contribution in [3.63, 3.8) is 0 Å². The van der Waals surface area contributed by atoms with Crippen LogP contribution < -0.4 is 0 Å². The van der Waals surface area contributed by atoms with Crippen molar-refractivity contribution in [1.29, 1.82) is 5.26 Å². The highest BCUT2D eigenvalue weighted by molar-refractivity contribution is 5.97. The number of methoxy groups -OCH3 is 1. The van der Waals surface area contributed by atoms with Gasteiger partial charge < -0.3 is 9.47 Å². The summed E-state index contributed by atoms with van der Waals surface area (Å²) in [6.45, 7) is 0.429. The van der Waals surface area contributed by atoms with E-state index in [1.54, 1.807) is 30.2 Å². The van der Waals surface area contributed by atoms with Crippen molar-refractivity contribution in [2.24, 2.45) is 7.05 Å². The van der Waals surface area contributed by atoms with Gasteiger partial charge in [0.25, 0.3) is 0 Å². The second-order valence-corrected chi connectivity index (χ2v) is 3.25. The molecule has 90 valence electrons. The lowest BCUT2D eigenvalue weighted by atomic mass is 10.2. The SMILES string of the molecule is COCCOC(=O)C(C#N)=Cc1cnn(C)c1. The molecular formula is C11H13N3O3. The molecule has 0 fully saturated rings. The van der Waals surface area contributed by atoms with Crippen LogP contribution in [0.2, 0.25) is 0 Å². The van der Waals surface area contributed by atoms with E-state index in [4.69, 9.17) is 14.7 Å². The highest BCUT2D eigenvalue weighted by atomic mass is 16.6. The van der Waals surface area contributed by atoms with Crippen molar-refractivity contribution < 1.29 is 14.3 Å². The van der Waals surface area contributed by atoms with Crippen LogP contribution in [0.25, 0.3) is 6.08 Å². The fraction of sp³-hybridized carbons (Fsp3) is 0.364. The molecule has 0 aliphatic carbocycles. The van der Waals surface area contributed by atoms with Gasteiger partial charge in [0.05, 0.1) is 12.8 Å². The van der Waals surface area contributed by atoms with E-state index in [1.807, 2.05) is 0 Å². The Morgan fingerprint density at radius 3 is 2.94 bits per heavy atom. The van der Waals surface area contributed by atoms with Crippen LogP contribution in [0.3, 0.4) is 0 Å². The molecule has 0 N–H and O–H groups in total. The van der Waals surface area contributed by atoms with Crippen molar-refractivity contribution in [1.82, 2.24) is 9.78 Å². The van der Waals surface area contributed by atoms with Gasteiger partial charge in [0.15, 0.2) is 0 Å². The summed E-state index contributed by atoms with van der Waals surface area (Å²) in [5.74, 6) is -0.659. The first-order valence-electron chi connectivity index (χ1n) is 4.94. The fourth-order valence-corrected chi connectivity index (χ4v) is 1.11. The highest BCUT2D eigenvalue weighted by Gasteiger charge is 2.10. The second kappa shape index (κ2) is 6.45. The average molecular weight is 235 g/mol. The second-order valence-electron chi connectivity index (χ2n) is 3.25. The fourth-order valence-electron chi connectivity index (χ4n) is 1.11. The van der Waals surface area contributed by atoms with Gasteiger partial charge >= 0.3 is 5.97 Å². The van der Waals surface area contributed by atoms with Gasteiger partial charge in [-0.15, -0.1) is 0 Å². The van der Waals surface area contributed by atoms with Crippen LogP contribution in [0.1, 0.15) is 5.56 Å². The summed E-state index contributed by atoms with van der Waals surface area (Å²) in [4.78, 5) is 11.5. The van der Waals surface area contributed by atoms with E-state index in [9.17, 15) is 4.79 Å². The molecule has 6 heteroatoms. The minimum atomic E-state index is -0.659. The minimum Gasteiger partial charge on any atom is -0.459 e. The van der Waals surface area contributed by atoms with Crippen molar-refractivity contribution >= 4 is 12.0 Å². The Labute approximate surface area is 99.0 Å². The Morgan fingerprint density at radius 2 is 2.41 bits per heavy atom. The van der Waals surface area contributed by atoms with Gasteiger partial charge in [-0.3, -0.25) is 4.68 Å². The Balaban J connectivity index is 2.68. The van der Waals surface area contributed by atoms with Crippen LogP contribution in [0, 0.1) is 11.3 Å². The number of nitrogens with zero attached hydrogens (tertiary/aromatic N) is 3. The van der Waals surface area contributed by atoms with Gasteiger partial charge in [-0.05, 0) is 6.08 Å². The zero-order valence-corrected chi connectivity index (χ0v) is 9.71. The van der Waals surface area contributed by atoms with Crippen LogP contribution in [-0.2, 0) is 21.3 Å². The summed E-state index contributed by atoms with van der Waals surface area (Å²) in [5, 5.41) is 12.8. The standard InChI is InChI=1S/C11H13N3O3/c1-14-8-9(7-13-14)5-10(6-12)11(15)17-4-3-16-2/h5,7-8H,3-4H2,1-2H3. The number of hydrogen-bond donors (Lipinski definition) is 0. The molecule has 0 amide bonds. The molecule has 1 rings (SSSR count).